The lowest BCUT2D eigenvalue weighted by Gasteiger charge is -2.09. The molecule has 0 saturated carbocycles. The van der Waals surface area contributed by atoms with Crippen molar-refractivity contribution in [2.24, 2.45) is 0 Å². The minimum absolute atomic E-state index is 0.0183. The molecule has 0 amide bonds. The summed E-state index contributed by atoms with van der Waals surface area (Å²) in [6.45, 7) is 5.47. The van der Waals surface area contributed by atoms with Gasteiger partial charge in [-0.25, -0.2) is 0 Å². The minimum Gasteiger partial charge on any atom is -0.321 e. The molecule has 2 N–H and O–H groups in total. The molecule has 0 aliphatic rings. The molecule has 0 atom stereocenters. The Kier molecular flexibility index (Phi) is 5.03. The first-order valence-corrected chi connectivity index (χ1v) is 8.49. The third-order valence-corrected chi connectivity index (χ3v) is 4.70. The number of halogens is 1. The lowest BCUT2D eigenvalue weighted by molar-refractivity contribution is 0.683. The molecule has 0 bridgehead atoms. The number of H-pyrrole nitrogens is 1. The van der Waals surface area contributed by atoms with Crippen LogP contribution in [0.25, 0.3) is 10.9 Å². The molecule has 0 radical (unpaired) electrons. The van der Waals surface area contributed by atoms with Gasteiger partial charge in [0.25, 0.3) is 5.56 Å². The summed E-state index contributed by atoms with van der Waals surface area (Å²) in [5, 5.41) is 5.17. The molecular weight excluding hydrogens is 320 g/mol. The number of aromatic nitrogens is 1. The third-order valence-electron chi connectivity index (χ3n) is 4.45. The van der Waals surface area contributed by atoms with Crippen molar-refractivity contribution < 1.29 is 0 Å². The molecule has 1 aromatic heterocycles. The monoisotopic (exact) mass is 340 g/mol. The normalized spacial score (nSPS) is 11.1. The number of aryl methyl sites for hydroxylation is 2. The maximum Gasteiger partial charge on any atom is 0.252 e. The highest BCUT2D eigenvalue weighted by Gasteiger charge is 2.06. The zero-order chi connectivity index (χ0) is 17.1. The van der Waals surface area contributed by atoms with Gasteiger partial charge in [-0.05, 0) is 67.1 Å². The van der Waals surface area contributed by atoms with Crippen LogP contribution in [-0.4, -0.2) is 11.5 Å². The molecule has 4 heteroatoms. The van der Waals surface area contributed by atoms with Gasteiger partial charge in [-0.15, -0.1) is 0 Å². The molecule has 124 valence electrons. The number of fused-ring (bicyclic) bond motifs is 1. The number of hydrogen-bond donors (Lipinski definition) is 2. The van der Waals surface area contributed by atoms with Crippen molar-refractivity contribution in [2.75, 3.05) is 6.54 Å². The van der Waals surface area contributed by atoms with Crippen LogP contribution < -0.4 is 10.9 Å². The van der Waals surface area contributed by atoms with Gasteiger partial charge in [0.1, 0.15) is 0 Å². The number of nitrogens with one attached hydrogen (secondary N) is 2. The van der Waals surface area contributed by atoms with Gasteiger partial charge < -0.3 is 10.3 Å². The van der Waals surface area contributed by atoms with Crippen LogP contribution in [0.3, 0.4) is 0 Å². The van der Waals surface area contributed by atoms with E-state index in [1.165, 1.54) is 11.1 Å². The highest BCUT2D eigenvalue weighted by molar-refractivity contribution is 6.30. The summed E-state index contributed by atoms with van der Waals surface area (Å²) in [5.74, 6) is 0. The van der Waals surface area contributed by atoms with Crippen molar-refractivity contribution in [1.82, 2.24) is 10.3 Å². The first-order chi connectivity index (χ1) is 11.5. The summed E-state index contributed by atoms with van der Waals surface area (Å²) in [6, 6.07) is 14.0. The van der Waals surface area contributed by atoms with Gasteiger partial charge >= 0.3 is 0 Å². The second kappa shape index (κ2) is 7.20. The minimum atomic E-state index is -0.0183. The van der Waals surface area contributed by atoms with Crippen LogP contribution in [0.1, 0.15) is 22.3 Å². The van der Waals surface area contributed by atoms with E-state index in [4.69, 9.17) is 11.6 Å². The highest BCUT2D eigenvalue weighted by atomic mass is 35.5. The Hall–Kier alpha value is -2.10. The summed E-state index contributed by atoms with van der Waals surface area (Å²) in [7, 11) is 0. The van der Waals surface area contributed by atoms with E-state index in [1.807, 2.05) is 37.3 Å². The number of rotatable bonds is 5. The van der Waals surface area contributed by atoms with E-state index < -0.39 is 0 Å². The second-order valence-electron chi connectivity index (χ2n) is 6.15. The van der Waals surface area contributed by atoms with Gasteiger partial charge in [-0.2, -0.15) is 0 Å². The Morgan fingerprint density at radius 3 is 2.58 bits per heavy atom. The van der Waals surface area contributed by atoms with Gasteiger partial charge in [0, 0.05) is 17.1 Å². The van der Waals surface area contributed by atoms with Crippen molar-refractivity contribution in [3.05, 3.63) is 80.1 Å². The van der Waals surface area contributed by atoms with Crippen LogP contribution >= 0.6 is 11.6 Å². The summed E-state index contributed by atoms with van der Waals surface area (Å²) >= 11 is 5.89. The molecule has 3 aromatic rings. The molecule has 3 nitrogen and oxygen atoms in total. The molecule has 3 rings (SSSR count). The number of aromatic amines is 1. The fraction of sp³-hybridized carbons (Fsp3) is 0.250. The number of benzene rings is 2. The third kappa shape index (κ3) is 3.69. The molecule has 0 aliphatic heterocycles. The summed E-state index contributed by atoms with van der Waals surface area (Å²) in [4.78, 5) is 15.3. The Bertz CT molecular complexity index is 913. The van der Waals surface area contributed by atoms with Crippen molar-refractivity contribution in [3.63, 3.8) is 0 Å². The highest BCUT2D eigenvalue weighted by Crippen LogP contribution is 2.18. The van der Waals surface area contributed by atoms with Crippen molar-refractivity contribution >= 4 is 22.5 Å². The molecular formula is C20H21ClN2O. The largest absolute Gasteiger partial charge is 0.321 e. The topological polar surface area (TPSA) is 44.9 Å². The van der Waals surface area contributed by atoms with E-state index in [0.717, 1.165) is 40.0 Å². The van der Waals surface area contributed by atoms with E-state index in [-0.39, 0.29) is 5.56 Å². The summed E-state index contributed by atoms with van der Waals surface area (Å²) in [6.07, 6.45) is 0.904. The van der Waals surface area contributed by atoms with Gasteiger partial charge in [-0.1, -0.05) is 35.9 Å². The van der Waals surface area contributed by atoms with E-state index >= 15 is 0 Å². The van der Waals surface area contributed by atoms with Crippen LogP contribution in [0.5, 0.6) is 0 Å². The number of hydrogen-bond acceptors (Lipinski definition) is 2. The van der Waals surface area contributed by atoms with E-state index in [9.17, 15) is 4.79 Å². The summed E-state index contributed by atoms with van der Waals surface area (Å²) in [5.41, 5.74) is 5.23. The first kappa shape index (κ1) is 16.7. The zero-order valence-electron chi connectivity index (χ0n) is 13.9. The van der Waals surface area contributed by atoms with E-state index in [1.54, 1.807) is 0 Å². The zero-order valence-corrected chi connectivity index (χ0v) is 14.7. The van der Waals surface area contributed by atoms with Gasteiger partial charge in [0.05, 0.1) is 5.52 Å². The molecule has 0 saturated heterocycles. The Morgan fingerprint density at radius 2 is 1.83 bits per heavy atom. The number of pyridine rings is 1. The van der Waals surface area contributed by atoms with E-state index in [0.29, 0.717) is 6.54 Å². The lowest BCUT2D eigenvalue weighted by atomic mass is 10.0. The fourth-order valence-corrected chi connectivity index (χ4v) is 2.93. The fourth-order valence-electron chi connectivity index (χ4n) is 2.81. The van der Waals surface area contributed by atoms with Gasteiger partial charge in [0.2, 0.25) is 0 Å². The quantitative estimate of drug-likeness (QED) is 0.686. The molecule has 24 heavy (non-hydrogen) atoms. The predicted octanol–water partition coefficient (Wildman–Crippen LogP) is 4.13. The Labute approximate surface area is 146 Å². The summed E-state index contributed by atoms with van der Waals surface area (Å²) < 4.78 is 0. The lowest BCUT2D eigenvalue weighted by Crippen LogP contribution is -2.23. The SMILES string of the molecule is Cc1ccc2cc(CNCCc3ccc(Cl)cc3)c(=O)[nH]c2c1C. The van der Waals surface area contributed by atoms with E-state index in [2.05, 4.69) is 29.4 Å². The maximum absolute atomic E-state index is 12.3. The van der Waals surface area contributed by atoms with Crippen molar-refractivity contribution in [1.29, 1.82) is 0 Å². The smallest absolute Gasteiger partial charge is 0.252 e. The Morgan fingerprint density at radius 1 is 1.08 bits per heavy atom. The van der Waals surface area contributed by atoms with Gasteiger partial charge in [-0.3, -0.25) is 4.79 Å². The molecule has 0 fully saturated rings. The van der Waals surface area contributed by atoms with Crippen LogP contribution in [-0.2, 0) is 13.0 Å². The molecule has 2 aromatic carbocycles. The standard InChI is InChI=1S/C20H21ClN2O/c1-13-3-6-16-11-17(20(24)23-19(16)14(13)2)12-22-10-9-15-4-7-18(21)8-5-15/h3-8,11,22H,9-10,12H2,1-2H3,(H,23,24). The Balaban J connectivity index is 1.67. The van der Waals surface area contributed by atoms with Crippen LogP contribution in [0.4, 0.5) is 0 Å². The molecule has 0 spiro atoms. The first-order valence-electron chi connectivity index (χ1n) is 8.12. The van der Waals surface area contributed by atoms with Crippen molar-refractivity contribution in [3.8, 4) is 0 Å². The van der Waals surface area contributed by atoms with Crippen molar-refractivity contribution in [2.45, 2.75) is 26.8 Å². The van der Waals surface area contributed by atoms with Crippen LogP contribution in [0.2, 0.25) is 5.02 Å². The van der Waals surface area contributed by atoms with Crippen LogP contribution in [0, 0.1) is 13.8 Å². The molecule has 0 aliphatic carbocycles. The molecule has 1 heterocycles. The molecule has 0 unspecified atom stereocenters. The average molecular weight is 341 g/mol. The van der Waals surface area contributed by atoms with Gasteiger partial charge in [0.15, 0.2) is 0 Å². The second-order valence-corrected chi connectivity index (χ2v) is 6.59. The predicted molar refractivity (Wildman–Crippen MR) is 101 cm³/mol. The van der Waals surface area contributed by atoms with Crippen LogP contribution in [0.15, 0.2) is 47.3 Å². The maximum atomic E-state index is 12.3. The average Bonchev–Trinajstić information content (AvgIpc) is 2.58.